The number of amides is 1. The molecule has 3 rings (SSSR count). The molecule has 0 saturated carbocycles. The minimum absolute atomic E-state index is 0.0234. The van der Waals surface area contributed by atoms with Gasteiger partial charge in [0.05, 0.1) is 6.42 Å². The molecule has 0 bridgehead atoms. The molecule has 0 saturated heterocycles. The number of carbonyl (C=O) groups excluding carboxylic acids is 1. The van der Waals surface area contributed by atoms with Crippen LogP contribution in [0.5, 0.6) is 0 Å². The average Bonchev–Trinajstić information content (AvgIpc) is 3.01. The molecule has 0 radical (unpaired) electrons. The fraction of sp³-hybridized carbons (Fsp3) is 0.167. The molecule has 2 N–H and O–H groups in total. The fourth-order valence-electron chi connectivity index (χ4n) is 2.41. The molecule has 1 amide bonds. The van der Waals surface area contributed by atoms with E-state index in [0.29, 0.717) is 28.7 Å². The molecule has 1 heterocycles. The topological polar surface area (TPSA) is 70.7 Å². The number of hydrogen-bond donors (Lipinski definition) is 2. The van der Waals surface area contributed by atoms with E-state index < -0.39 is 11.6 Å². The van der Waals surface area contributed by atoms with Crippen LogP contribution in [0.3, 0.4) is 0 Å². The molecular formula is C18H15ClF2N4O. The van der Waals surface area contributed by atoms with Crippen LogP contribution in [0, 0.1) is 11.6 Å². The van der Waals surface area contributed by atoms with Gasteiger partial charge in [-0.05, 0) is 35.4 Å². The zero-order valence-electron chi connectivity index (χ0n) is 13.6. The predicted octanol–water partition coefficient (Wildman–Crippen LogP) is 3.19. The lowest BCUT2D eigenvalue weighted by molar-refractivity contribution is -0.120. The molecule has 3 aromatic rings. The zero-order valence-corrected chi connectivity index (χ0v) is 14.4. The van der Waals surface area contributed by atoms with Gasteiger partial charge in [-0.15, -0.1) is 0 Å². The summed E-state index contributed by atoms with van der Waals surface area (Å²) in [6.45, 7) is 0.0234. The Morgan fingerprint density at radius 1 is 1.08 bits per heavy atom. The number of halogens is 3. The molecular weight excluding hydrogens is 362 g/mol. The van der Waals surface area contributed by atoms with E-state index in [1.807, 2.05) is 12.1 Å². The van der Waals surface area contributed by atoms with Gasteiger partial charge in [0.25, 0.3) is 0 Å². The summed E-state index contributed by atoms with van der Waals surface area (Å²) in [5, 5.41) is 10.0. The maximum Gasteiger partial charge on any atom is 0.228 e. The van der Waals surface area contributed by atoms with E-state index in [4.69, 9.17) is 11.6 Å². The highest BCUT2D eigenvalue weighted by atomic mass is 35.5. The van der Waals surface area contributed by atoms with Crippen LogP contribution in [0.25, 0.3) is 0 Å². The van der Waals surface area contributed by atoms with Crippen molar-refractivity contribution in [2.45, 2.75) is 19.4 Å². The molecule has 0 atom stereocenters. The molecule has 0 aliphatic rings. The quantitative estimate of drug-likeness (QED) is 0.694. The average molecular weight is 377 g/mol. The third kappa shape index (κ3) is 5.10. The smallest absolute Gasteiger partial charge is 0.228 e. The van der Waals surface area contributed by atoms with Gasteiger partial charge in [0, 0.05) is 24.1 Å². The Morgan fingerprint density at radius 2 is 1.77 bits per heavy atom. The second-order valence-electron chi connectivity index (χ2n) is 5.73. The lowest BCUT2D eigenvalue weighted by Gasteiger charge is -2.04. The number of aromatic amines is 1. The van der Waals surface area contributed by atoms with Crippen LogP contribution in [0.4, 0.5) is 8.78 Å². The van der Waals surface area contributed by atoms with E-state index in [1.54, 1.807) is 12.1 Å². The van der Waals surface area contributed by atoms with E-state index in [2.05, 4.69) is 20.5 Å². The fourth-order valence-corrected chi connectivity index (χ4v) is 2.53. The van der Waals surface area contributed by atoms with Crippen molar-refractivity contribution >= 4 is 17.5 Å². The highest BCUT2D eigenvalue weighted by Gasteiger charge is 2.10. The SMILES string of the molecule is O=C(Cc1n[nH]c(Cc2ccc(Cl)cc2)n1)NCc1cc(F)cc(F)c1. The van der Waals surface area contributed by atoms with E-state index in [9.17, 15) is 13.6 Å². The lowest BCUT2D eigenvalue weighted by atomic mass is 10.1. The van der Waals surface area contributed by atoms with E-state index in [-0.39, 0.29) is 18.9 Å². The first-order valence-electron chi connectivity index (χ1n) is 7.84. The van der Waals surface area contributed by atoms with Crippen molar-refractivity contribution in [3.8, 4) is 0 Å². The van der Waals surface area contributed by atoms with Crippen molar-refractivity contribution in [3.63, 3.8) is 0 Å². The van der Waals surface area contributed by atoms with Gasteiger partial charge in [0.2, 0.25) is 5.91 Å². The Balaban J connectivity index is 1.53. The highest BCUT2D eigenvalue weighted by molar-refractivity contribution is 6.30. The molecule has 2 aromatic carbocycles. The van der Waals surface area contributed by atoms with Crippen molar-refractivity contribution in [2.24, 2.45) is 0 Å². The maximum atomic E-state index is 13.1. The van der Waals surface area contributed by atoms with Gasteiger partial charge < -0.3 is 5.32 Å². The molecule has 1 aromatic heterocycles. The number of benzene rings is 2. The van der Waals surface area contributed by atoms with E-state index in [0.717, 1.165) is 11.6 Å². The summed E-state index contributed by atoms with van der Waals surface area (Å²) in [6.07, 6.45) is 0.503. The van der Waals surface area contributed by atoms with Crippen LogP contribution >= 0.6 is 11.6 Å². The largest absolute Gasteiger partial charge is 0.352 e. The van der Waals surface area contributed by atoms with Crippen molar-refractivity contribution < 1.29 is 13.6 Å². The Hall–Kier alpha value is -2.80. The predicted molar refractivity (Wildman–Crippen MR) is 92.5 cm³/mol. The maximum absolute atomic E-state index is 13.1. The van der Waals surface area contributed by atoms with Gasteiger partial charge in [0.15, 0.2) is 5.82 Å². The number of aromatic nitrogens is 3. The number of nitrogens with one attached hydrogen (secondary N) is 2. The second-order valence-corrected chi connectivity index (χ2v) is 6.17. The molecule has 0 spiro atoms. The van der Waals surface area contributed by atoms with Gasteiger partial charge in [-0.1, -0.05) is 23.7 Å². The first-order chi connectivity index (χ1) is 12.5. The van der Waals surface area contributed by atoms with Crippen LogP contribution in [-0.2, 0) is 24.2 Å². The van der Waals surface area contributed by atoms with Crippen molar-refractivity contribution in [2.75, 3.05) is 0 Å². The first-order valence-corrected chi connectivity index (χ1v) is 8.22. The third-order valence-corrected chi connectivity index (χ3v) is 3.85. The van der Waals surface area contributed by atoms with Gasteiger partial charge in [-0.25, -0.2) is 13.8 Å². The third-order valence-electron chi connectivity index (χ3n) is 3.59. The first kappa shape index (κ1) is 18.0. The number of H-pyrrole nitrogens is 1. The molecule has 26 heavy (non-hydrogen) atoms. The lowest BCUT2D eigenvalue weighted by Crippen LogP contribution is -2.25. The minimum atomic E-state index is -0.685. The number of carbonyl (C=O) groups is 1. The monoisotopic (exact) mass is 376 g/mol. The van der Waals surface area contributed by atoms with Crippen LogP contribution in [0.1, 0.15) is 22.8 Å². The molecule has 8 heteroatoms. The molecule has 5 nitrogen and oxygen atoms in total. The summed E-state index contributed by atoms with van der Waals surface area (Å²) >= 11 is 5.85. The van der Waals surface area contributed by atoms with Gasteiger partial charge in [-0.3, -0.25) is 9.89 Å². The Morgan fingerprint density at radius 3 is 2.46 bits per heavy atom. The van der Waals surface area contributed by atoms with Crippen molar-refractivity contribution in [1.29, 1.82) is 0 Å². The number of nitrogens with zero attached hydrogens (tertiary/aromatic N) is 2. The van der Waals surface area contributed by atoms with E-state index in [1.165, 1.54) is 12.1 Å². The normalized spacial score (nSPS) is 10.7. The Kier molecular flexibility index (Phi) is 5.58. The molecule has 0 unspecified atom stereocenters. The summed E-state index contributed by atoms with van der Waals surface area (Å²) in [5.41, 5.74) is 1.35. The van der Waals surface area contributed by atoms with Gasteiger partial charge >= 0.3 is 0 Å². The molecule has 0 fully saturated rings. The Labute approximate surface area is 153 Å². The number of rotatable bonds is 6. The Bertz CT molecular complexity index is 892. The summed E-state index contributed by atoms with van der Waals surface area (Å²) in [7, 11) is 0. The number of hydrogen-bond acceptors (Lipinski definition) is 3. The van der Waals surface area contributed by atoms with Crippen LogP contribution < -0.4 is 5.32 Å². The van der Waals surface area contributed by atoms with E-state index >= 15 is 0 Å². The molecule has 134 valence electrons. The molecule has 0 aliphatic carbocycles. The van der Waals surface area contributed by atoms with Crippen LogP contribution in [0.2, 0.25) is 5.02 Å². The summed E-state index contributed by atoms with van der Waals surface area (Å²) in [4.78, 5) is 16.2. The second kappa shape index (κ2) is 8.05. The van der Waals surface area contributed by atoms with Crippen LogP contribution in [-0.4, -0.2) is 21.1 Å². The minimum Gasteiger partial charge on any atom is -0.352 e. The van der Waals surface area contributed by atoms with Crippen molar-refractivity contribution in [3.05, 3.63) is 81.9 Å². The van der Waals surface area contributed by atoms with Crippen molar-refractivity contribution in [1.82, 2.24) is 20.5 Å². The van der Waals surface area contributed by atoms with Gasteiger partial charge in [-0.2, -0.15) is 5.10 Å². The standard InChI is InChI=1S/C18H15ClF2N4O/c19-13-3-1-11(2-4-13)7-16-23-17(25-24-16)9-18(26)22-10-12-5-14(20)8-15(21)6-12/h1-6,8H,7,9-10H2,(H,22,26)(H,23,24,25). The summed E-state index contributed by atoms with van der Waals surface area (Å²) in [5.74, 6) is -0.740. The zero-order chi connectivity index (χ0) is 18.5. The van der Waals surface area contributed by atoms with Gasteiger partial charge in [0.1, 0.15) is 17.5 Å². The van der Waals surface area contributed by atoms with Crippen LogP contribution in [0.15, 0.2) is 42.5 Å². The summed E-state index contributed by atoms with van der Waals surface area (Å²) < 4.78 is 26.2. The summed E-state index contributed by atoms with van der Waals surface area (Å²) in [6, 6.07) is 10.5. The molecule has 0 aliphatic heterocycles. The highest BCUT2D eigenvalue weighted by Crippen LogP contribution is 2.12.